The van der Waals surface area contributed by atoms with Crippen LogP contribution >= 0.6 is 0 Å². The highest BCUT2D eigenvalue weighted by Gasteiger charge is 2.38. The van der Waals surface area contributed by atoms with Crippen LogP contribution in [0, 0.1) is 5.41 Å². The molecule has 1 aliphatic carbocycles. The van der Waals surface area contributed by atoms with Crippen molar-refractivity contribution in [3.63, 3.8) is 0 Å². The van der Waals surface area contributed by atoms with Crippen LogP contribution in [0.5, 0.6) is 0 Å². The molecule has 0 radical (unpaired) electrons. The van der Waals surface area contributed by atoms with Gasteiger partial charge in [-0.1, -0.05) is 13.8 Å². The van der Waals surface area contributed by atoms with Crippen molar-refractivity contribution in [2.75, 3.05) is 20.3 Å². The minimum Gasteiger partial charge on any atom is -0.469 e. The van der Waals surface area contributed by atoms with Gasteiger partial charge < -0.3 is 15.2 Å². The lowest BCUT2D eigenvalue weighted by Gasteiger charge is -2.42. The number of hydrogen-bond donors (Lipinski definition) is 1. The summed E-state index contributed by atoms with van der Waals surface area (Å²) in [5, 5.41) is 0. The van der Waals surface area contributed by atoms with Crippen molar-refractivity contribution in [3.8, 4) is 0 Å². The fourth-order valence-corrected chi connectivity index (χ4v) is 2.24. The number of hydrogen-bond acceptors (Lipinski definition) is 4. The molecule has 0 aromatic heterocycles. The average molecular weight is 243 g/mol. The molecule has 1 aliphatic rings. The first kappa shape index (κ1) is 14.5. The summed E-state index contributed by atoms with van der Waals surface area (Å²) in [5.41, 5.74) is 6.01. The van der Waals surface area contributed by atoms with E-state index in [0.717, 1.165) is 25.7 Å². The number of esters is 1. The minimum absolute atomic E-state index is 0.219. The van der Waals surface area contributed by atoms with Gasteiger partial charge in [0.2, 0.25) is 0 Å². The van der Waals surface area contributed by atoms with Crippen LogP contribution in [0.2, 0.25) is 0 Å². The lowest BCUT2D eigenvalue weighted by atomic mass is 9.71. The summed E-state index contributed by atoms with van der Waals surface area (Å²) in [7, 11) is 1.39. The summed E-state index contributed by atoms with van der Waals surface area (Å²) in [5.74, 6) is -0.228. The molecule has 0 aliphatic heterocycles. The standard InChI is InChI=1S/C13H25NO3/c1-12(2)5-7-13(10-14,8-6-12)17-9-4-11(15)16-3/h4-10,14H2,1-3H3. The van der Waals surface area contributed by atoms with Gasteiger partial charge in [-0.3, -0.25) is 4.79 Å². The predicted octanol–water partition coefficient (Wildman–Crippen LogP) is 1.86. The predicted molar refractivity (Wildman–Crippen MR) is 66.6 cm³/mol. The molecule has 100 valence electrons. The molecular weight excluding hydrogens is 218 g/mol. The third kappa shape index (κ3) is 4.28. The number of carbonyl (C=O) groups is 1. The Morgan fingerprint density at radius 3 is 2.29 bits per heavy atom. The Labute approximate surface area is 104 Å². The minimum atomic E-state index is -0.228. The zero-order chi connectivity index (χ0) is 12.9. The van der Waals surface area contributed by atoms with Gasteiger partial charge in [-0.15, -0.1) is 0 Å². The van der Waals surface area contributed by atoms with Crippen LogP contribution in [0.1, 0.15) is 46.0 Å². The number of rotatable bonds is 5. The first-order chi connectivity index (χ1) is 7.93. The van der Waals surface area contributed by atoms with Gasteiger partial charge in [0, 0.05) is 6.54 Å². The number of ether oxygens (including phenoxy) is 2. The molecule has 0 bridgehead atoms. The summed E-state index contributed by atoms with van der Waals surface area (Å²) < 4.78 is 10.4. The monoisotopic (exact) mass is 243 g/mol. The molecule has 1 rings (SSSR count). The van der Waals surface area contributed by atoms with E-state index in [1.54, 1.807) is 0 Å². The first-order valence-corrected chi connectivity index (χ1v) is 6.34. The molecule has 1 saturated carbocycles. The molecule has 0 spiro atoms. The highest BCUT2D eigenvalue weighted by Crippen LogP contribution is 2.41. The third-order valence-corrected chi connectivity index (χ3v) is 3.83. The number of nitrogens with two attached hydrogens (primary N) is 1. The Balaban J connectivity index is 2.40. The Bertz CT molecular complexity index is 253. The van der Waals surface area contributed by atoms with Crippen LogP contribution in [-0.2, 0) is 14.3 Å². The third-order valence-electron chi connectivity index (χ3n) is 3.83. The van der Waals surface area contributed by atoms with E-state index >= 15 is 0 Å². The Morgan fingerprint density at radius 1 is 1.24 bits per heavy atom. The molecular formula is C13H25NO3. The van der Waals surface area contributed by atoms with Crippen molar-refractivity contribution in [3.05, 3.63) is 0 Å². The van der Waals surface area contributed by atoms with Crippen LogP contribution in [0.25, 0.3) is 0 Å². The summed E-state index contributed by atoms with van der Waals surface area (Å²) in [6.45, 7) is 5.50. The largest absolute Gasteiger partial charge is 0.469 e. The van der Waals surface area contributed by atoms with Gasteiger partial charge in [0.25, 0.3) is 0 Å². The molecule has 17 heavy (non-hydrogen) atoms. The zero-order valence-electron chi connectivity index (χ0n) is 11.3. The van der Waals surface area contributed by atoms with Gasteiger partial charge >= 0.3 is 5.97 Å². The van der Waals surface area contributed by atoms with Gasteiger partial charge in [0.15, 0.2) is 0 Å². The van der Waals surface area contributed by atoms with Crippen molar-refractivity contribution < 1.29 is 14.3 Å². The van der Waals surface area contributed by atoms with Gasteiger partial charge in [-0.25, -0.2) is 0 Å². The van der Waals surface area contributed by atoms with Crippen LogP contribution in [0.4, 0.5) is 0 Å². The number of carbonyl (C=O) groups excluding carboxylic acids is 1. The van der Waals surface area contributed by atoms with E-state index in [2.05, 4.69) is 18.6 Å². The van der Waals surface area contributed by atoms with Crippen LogP contribution in [0.3, 0.4) is 0 Å². The van der Waals surface area contributed by atoms with Gasteiger partial charge in [-0.2, -0.15) is 0 Å². The molecule has 0 aromatic rings. The van der Waals surface area contributed by atoms with E-state index in [1.807, 2.05) is 0 Å². The summed E-state index contributed by atoms with van der Waals surface area (Å²) in [6, 6.07) is 0. The first-order valence-electron chi connectivity index (χ1n) is 6.34. The Morgan fingerprint density at radius 2 is 1.82 bits per heavy atom. The van der Waals surface area contributed by atoms with E-state index in [4.69, 9.17) is 10.5 Å². The molecule has 0 amide bonds. The Kier molecular flexibility index (Phi) is 4.95. The lowest BCUT2D eigenvalue weighted by molar-refractivity contribution is -0.145. The molecule has 0 aromatic carbocycles. The summed E-state index contributed by atoms with van der Waals surface area (Å²) in [6.07, 6.45) is 4.53. The van der Waals surface area contributed by atoms with Crippen molar-refractivity contribution >= 4 is 5.97 Å². The lowest BCUT2D eigenvalue weighted by Crippen LogP contribution is -2.45. The molecule has 4 nitrogen and oxygen atoms in total. The fraction of sp³-hybridized carbons (Fsp3) is 0.923. The maximum atomic E-state index is 11.0. The smallest absolute Gasteiger partial charge is 0.307 e. The second-order valence-corrected chi connectivity index (χ2v) is 5.73. The highest BCUT2D eigenvalue weighted by molar-refractivity contribution is 5.69. The molecule has 0 saturated heterocycles. The Hall–Kier alpha value is -0.610. The van der Waals surface area contributed by atoms with E-state index in [1.165, 1.54) is 7.11 Å². The van der Waals surface area contributed by atoms with Crippen molar-refractivity contribution in [1.29, 1.82) is 0 Å². The van der Waals surface area contributed by atoms with Gasteiger partial charge in [-0.05, 0) is 31.1 Å². The van der Waals surface area contributed by atoms with Crippen LogP contribution < -0.4 is 5.73 Å². The quantitative estimate of drug-likeness (QED) is 0.749. The average Bonchev–Trinajstić information content (AvgIpc) is 2.31. The molecule has 0 unspecified atom stereocenters. The SMILES string of the molecule is COC(=O)CCOC1(CN)CCC(C)(C)CC1. The van der Waals surface area contributed by atoms with E-state index in [-0.39, 0.29) is 11.6 Å². The maximum absolute atomic E-state index is 11.0. The molecule has 0 heterocycles. The maximum Gasteiger partial charge on any atom is 0.307 e. The van der Waals surface area contributed by atoms with Gasteiger partial charge in [0.1, 0.15) is 0 Å². The van der Waals surface area contributed by atoms with Crippen molar-refractivity contribution in [1.82, 2.24) is 0 Å². The van der Waals surface area contributed by atoms with Gasteiger partial charge in [0.05, 0.1) is 25.7 Å². The topological polar surface area (TPSA) is 61.5 Å². The van der Waals surface area contributed by atoms with Crippen LogP contribution in [-0.4, -0.2) is 31.8 Å². The molecule has 1 fully saturated rings. The van der Waals surface area contributed by atoms with Crippen molar-refractivity contribution in [2.24, 2.45) is 11.1 Å². The van der Waals surface area contributed by atoms with E-state index in [9.17, 15) is 4.79 Å². The highest BCUT2D eigenvalue weighted by atomic mass is 16.5. The summed E-state index contributed by atoms with van der Waals surface area (Å²) >= 11 is 0. The second-order valence-electron chi connectivity index (χ2n) is 5.73. The fourth-order valence-electron chi connectivity index (χ4n) is 2.24. The molecule has 0 atom stereocenters. The molecule has 4 heteroatoms. The van der Waals surface area contributed by atoms with E-state index < -0.39 is 0 Å². The molecule has 2 N–H and O–H groups in total. The zero-order valence-corrected chi connectivity index (χ0v) is 11.3. The number of methoxy groups -OCH3 is 1. The van der Waals surface area contributed by atoms with Crippen LogP contribution in [0.15, 0.2) is 0 Å². The van der Waals surface area contributed by atoms with E-state index in [0.29, 0.717) is 25.0 Å². The van der Waals surface area contributed by atoms with Crippen molar-refractivity contribution in [2.45, 2.75) is 51.6 Å². The summed E-state index contributed by atoms with van der Waals surface area (Å²) in [4.78, 5) is 11.0. The normalized spacial score (nSPS) is 22.1. The second kappa shape index (κ2) is 5.83.